The second-order valence-electron chi connectivity index (χ2n) is 5.32. The molecule has 1 heterocycles. The Bertz CT molecular complexity index is 668. The van der Waals surface area contributed by atoms with Crippen molar-refractivity contribution in [2.45, 2.75) is 31.8 Å². The second-order valence-corrected chi connectivity index (χ2v) is 7.09. The normalized spacial score (nSPS) is 17.5. The van der Waals surface area contributed by atoms with Crippen LogP contribution in [0.25, 0.3) is 0 Å². The lowest BCUT2D eigenvalue weighted by molar-refractivity contribution is 0.1000. The Hall–Kier alpha value is -1.36. The number of carbonyl (C=O) groups is 1. The zero-order chi connectivity index (χ0) is 14.8. The quantitative estimate of drug-likeness (QED) is 0.903. The first-order valence-electron chi connectivity index (χ1n) is 7.04. The molecule has 1 aliphatic carbocycles. The fourth-order valence-electron chi connectivity index (χ4n) is 2.81. The van der Waals surface area contributed by atoms with Crippen LogP contribution in [0.15, 0.2) is 30.3 Å². The smallest absolute Gasteiger partial charge is 0.248 e. The van der Waals surface area contributed by atoms with Crippen LogP contribution in [0.3, 0.4) is 0 Å². The van der Waals surface area contributed by atoms with Crippen LogP contribution in [0.2, 0.25) is 4.34 Å². The molecular weight excluding hydrogens is 304 g/mol. The molecule has 21 heavy (non-hydrogen) atoms. The SMILES string of the molecule is NC(=O)c1cccc(CN[C@@H]2CCCc3sc(Cl)cc32)c1. The van der Waals surface area contributed by atoms with Gasteiger partial charge in [0.05, 0.1) is 4.34 Å². The summed E-state index contributed by atoms with van der Waals surface area (Å²) >= 11 is 7.81. The molecule has 0 fully saturated rings. The van der Waals surface area contributed by atoms with Gasteiger partial charge in [-0.3, -0.25) is 4.79 Å². The number of carbonyl (C=O) groups excluding carboxylic acids is 1. The summed E-state index contributed by atoms with van der Waals surface area (Å²) in [6, 6.07) is 9.88. The molecule has 1 aromatic heterocycles. The third-order valence-corrected chi connectivity index (χ3v) is 5.19. The van der Waals surface area contributed by atoms with Crippen molar-refractivity contribution in [1.82, 2.24) is 5.32 Å². The van der Waals surface area contributed by atoms with E-state index in [0.29, 0.717) is 11.6 Å². The maximum atomic E-state index is 11.2. The van der Waals surface area contributed by atoms with Gasteiger partial charge >= 0.3 is 0 Å². The molecule has 0 bridgehead atoms. The van der Waals surface area contributed by atoms with E-state index in [1.165, 1.54) is 16.9 Å². The van der Waals surface area contributed by atoms with Crippen LogP contribution in [-0.4, -0.2) is 5.91 Å². The Kier molecular flexibility index (Phi) is 4.29. The van der Waals surface area contributed by atoms with Gasteiger partial charge in [-0.1, -0.05) is 23.7 Å². The summed E-state index contributed by atoms with van der Waals surface area (Å²) < 4.78 is 0.865. The van der Waals surface area contributed by atoms with E-state index in [2.05, 4.69) is 11.4 Å². The molecule has 1 amide bonds. The molecule has 0 aliphatic heterocycles. The van der Waals surface area contributed by atoms with Crippen LogP contribution < -0.4 is 11.1 Å². The number of primary amides is 1. The number of nitrogens with one attached hydrogen (secondary N) is 1. The van der Waals surface area contributed by atoms with Gasteiger partial charge in [0.2, 0.25) is 5.91 Å². The maximum Gasteiger partial charge on any atom is 0.248 e. The summed E-state index contributed by atoms with van der Waals surface area (Å²) in [7, 11) is 0. The van der Waals surface area contributed by atoms with Crippen molar-refractivity contribution < 1.29 is 4.79 Å². The van der Waals surface area contributed by atoms with Crippen molar-refractivity contribution in [1.29, 1.82) is 0 Å². The number of fused-ring (bicyclic) bond motifs is 1. The molecule has 0 saturated carbocycles. The highest BCUT2D eigenvalue weighted by molar-refractivity contribution is 7.16. The average molecular weight is 321 g/mol. The number of hydrogen-bond donors (Lipinski definition) is 2. The summed E-state index contributed by atoms with van der Waals surface area (Å²) in [5.41, 5.74) is 8.27. The van der Waals surface area contributed by atoms with Gasteiger partial charge in [0.15, 0.2) is 0 Å². The van der Waals surface area contributed by atoms with E-state index in [0.717, 1.165) is 29.3 Å². The number of rotatable bonds is 4. The molecule has 3 nitrogen and oxygen atoms in total. The van der Waals surface area contributed by atoms with Crippen molar-refractivity contribution in [2.75, 3.05) is 0 Å². The minimum atomic E-state index is -0.388. The molecule has 2 aromatic rings. The molecule has 1 aromatic carbocycles. The van der Waals surface area contributed by atoms with Gasteiger partial charge in [0.1, 0.15) is 0 Å². The van der Waals surface area contributed by atoms with Crippen LogP contribution in [-0.2, 0) is 13.0 Å². The summed E-state index contributed by atoms with van der Waals surface area (Å²) in [5.74, 6) is -0.388. The molecule has 0 saturated heterocycles. The lowest BCUT2D eigenvalue weighted by Gasteiger charge is -2.23. The summed E-state index contributed by atoms with van der Waals surface area (Å²) in [6.07, 6.45) is 3.43. The van der Waals surface area contributed by atoms with E-state index in [9.17, 15) is 4.79 Å². The van der Waals surface area contributed by atoms with Crippen LogP contribution >= 0.6 is 22.9 Å². The first kappa shape index (κ1) is 14.6. The number of amides is 1. The van der Waals surface area contributed by atoms with Crippen molar-refractivity contribution >= 4 is 28.8 Å². The van der Waals surface area contributed by atoms with Crippen molar-refractivity contribution in [3.05, 3.63) is 56.2 Å². The highest BCUT2D eigenvalue weighted by Crippen LogP contribution is 2.37. The number of nitrogens with two attached hydrogens (primary N) is 1. The van der Waals surface area contributed by atoms with E-state index < -0.39 is 0 Å². The second kappa shape index (κ2) is 6.18. The molecule has 0 unspecified atom stereocenters. The van der Waals surface area contributed by atoms with Gasteiger partial charge in [0, 0.05) is 23.0 Å². The Balaban J connectivity index is 1.71. The first-order valence-corrected chi connectivity index (χ1v) is 8.23. The summed E-state index contributed by atoms with van der Waals surface area (Å²) in [6.45, 7) is 0.721. The molecular formula is C16H17ClN2OS. The summed E-state index contributed by atoms with van der Waals surface area (Å²) in [4.78, 5) is 12.6. The van der Waals surface area contributed by atoms with Gasteiger partial charge in [-0.15, -0.1) is 11.3 Å². The third kappa shape index (κ3) is 3.28. The predicted octanol–water partition coefficient (Wildman–Crippen LogP) is 3.67. The molecule has 1 atom stereocenters. The van der Waals surface area contributed by atoms with Crippen molar-refractivity contribution in [3.8, 4) is 0 Å². The number of benzene rings is 1. The summed E-state index contributed by atoms with van der Waals surface area (Å²) in [5, 5.41) is 3.57. The van der Waals surface area contributed by atoms with E-state index >= 15 is 0 Å². The van der Waals surface area contributed by atoms with Gasteiger partial charge in [-0.25, -0.2) is 0 Å². The lowest BCUT2D eigenvalue weighted by atomic mass is 9.94. The van der Waals surface area contributed by atoms with Gasteiger partial charge < -0.3 is 11.1 Å². The Morgan fingerprint density at radius 1 is 1.43 bits per heavy atom. The number of hydrogen-bond acceptors (Lipinski definition) is 3. The standard InChI is InChI=1S/C16H17ClN2OS/c17-15-8-12-13(5-2-6-14(12)21-15)19-9-10-3-1-4-11(7-10)16(18)20/h1,3-4,7-8,13,19H,2,5-6,9H2,(H2,18,20)/t13-/m1/s1. The van der Waals surface area contributed by atoms with Gasteiger partial charge in [0.25, 0.3) is 0 Å². The molecule has 5 heteroatoms. The molecule has 1 aliphatic rings. The molecule has 0 spiro atoms. The Morgan fingerprint density at radius 3 is 3.10 bits per heavy atom. The lowest BCUT2D eigenvalue weighted by Crippen LogP contribution is -2.24. The van der Waals surface area contributed by atoms with Gasteiger partial charge in [-0.05, 0) is 48.6 Å². The molecule has 110 valence electrons. The van der Waals surface area contributed by atoms with Gasteiger partial charge in [-0.2, -0.15) is 0 Å². The largest absolute Gasteiger partial charge is 0.366 e. The zero-order valence-electron chi connectivity index (χ0n) is 11.6. The highest BCUT2D eigenvalue weighted by Gasteiger charge is 2.22. The number of halogens is 1. The van der Waals surface area contributed by atoms with Crippen molar-refractivity contribution in [2.24, 2.45) is 5.73 Å². The zero-order valence-corrected chi connectivity index (χ0v) is 13.1. The van der Waals surface area contributed by atoms with E-state index in [1.54, 1.807) is 17.4 Å². The van der Waals surface area contributed by atoms with Crippen molar-refractivity contribution in [3.63, 3.8) is 0 Å². The molecule has 3 rings (SSSR count). The van der Waals surface area contributed by atoms with Crippen LogP contribution in [0.5, 0.6) is 0 Å². The fourth-order valence-corrected chi connectivity index (χ4v) is 4.19. The molecule has 3 N–H and O–H groups in total. The average Bonchev–Trinajstić information content (AvgIpc) is 2.86. The third-order valence-electron chi connectivity index (χ3n) is 3.85. The maximum absolute atomic E-state index is 11.2. The fraction of sp³-hybridized carbons (Fsp3) is 0.312. The van der Waals surface area contributed by atoms with Crippen LogP contribution in [0.4, 0.5) is 0 Å². The topological polar surface area (TPSA) is 55.1 Å². The first-order chi connectivity index (χ1) is 10.1. The Morgan fingerprint density at radius 2 is 2.29 bits per heavy atom. The van der Waals surface area contributed by atoms with Crippen LogP contribution in [0.1, 0.15) is 45.2 Å². The highest BCUT2D eigenvalue weighted by atomic mass is 35.5. The minimum Gasteiger partial charge on any atom is -0.366 e. The molecule has 0 radical (unpaired) electrons. The predicted molar refractivity (Wildman–Crippen MR) is 86.8 cm³/mol. The Labute approximate surface area is 133 Å². The van der Waals surface area contributed by atoms with E-state index in [1.807, 2.05) is 18.2 Å². The number of aryl methyl sites for hydroxylation is 1. The minimum absolute atomic E-state index is 0.342. The number of thiophene rings is 1. The van der Waals surface area contributed by atoms with E-state index in [-0.39, 0.29) is 5.91 Å². The van der Waals surface area contributed by atoms with E-state index in [4.69, 9.17) is 17.3 Å². The monoisotopic (exact) mass is 320 g/mol. The van der Waals surface area contributed by atoms with Crippen LogP contribution in [0, 0.1) is 0 Å².